The Morgan fingerprint density at radius 1 is 0.750 bits per heavy atom. The Morgan fingerprint density at radius 3 is 1.72 bits per heavy atom. The molecule has 6 heteroatoms. The standard InChI is InChI=1S/C26H26N2O4/c29-24(28-18-16-27(17-19-28)23-14-8-3-9-15-23)20-32-25(30)26(31,21-10-4-1-5-11-21)22-12-6-2-7-13-22/h1-15,31H,16-20H2. The lowest BCUT2D eigenvalue weighted by molar-refractivity contribution is -0.166. The van der Waals surface area contributed by atoms with Crippen molar-refractivity contribution >= 4 is 17.6 Å². The number of rotatable bonds is 6. The predicted octanol–water partition coefficient (Wildman–Crippen LogP) is 2.81. The molecule has 1 saturated heterocycles. The van der Waals surface area contributed by atoms with Crippen LogP contribution in [-0.2, 0) is 19.9 Å². The Balaban J connectivity index is 1.40. The lowest BCUT2D eigenvalue weighted by Crippen LogP contribution is -2.50. The first-order valence-electron chi connectivity index (χ1n) is 10.7. The van der Waals surface area contributed by atoms with Crippen molar-refractivity contribution in [1.82, 2.24) is 4.90 Å². The van der Waals surface area contributed by atoms with E-state index in [0.29, 0.717) is 37.3 Å². The van der Waals surface area contributed by atoms with E-state index in [1.807, 2.05) is 30.3 Å². The summed E-state index contributed by atoms with van der Waals surface area (Å²) in [7, 11) is 0. The molecule has 164 valence electrons. The smallest absolute Gasteiger partial charge is 0.348 e. The van der Waals surface area contributed by atoms with Crippen molar-refractivity contribution in [1.29, 1.82) is 0 Å². The summed E-state index contributed by atoms with van der Waals surface area (Å²) in [5.41, 5.74) is -0.0866. The van der Waals surface area contributed by atoms with Gasteiger partial charge in [-0.3, -0.25) is 4.79 Å². The van der Waals surface area contributed by atoms with Gasteiger partial charge in [0.2, 0.25) is 5.60 Å². The molecule has 1 amide bonds. The lowest BCUT2D eigenvalue weighted by atomic mass is 9.86. The van der Waals surface area contributed by atoms with Gasteiger partial charge in [-0.25, -0.2) is 4.79 Å². The van der Waals surface area contributed by atoms with Crippen LogP contribution >= 0.6 is 0 Å². The fourth-order valence-electron chi connectivity index (χ4n) is 3.94. The number of hydrogen-bond donors (Lipinski definition) is 1. The van der Waals surface area contributed by atoms with Crippen molar-refractivity contribution in [3.05, 3.63) is 102 Å². The van der Waals surface area contributed by atoms with E-state index in [2.05, 4.69) is 4.90 Å². The summed E-state index contributed by atoms with van der Waals surface area (Å²) in [6.07, 6.45) is 0. The van der Waals surface area contributed by atoms with Gasteiger partial charge >= 0.3 is 5.97 Å². The molecule has 6 nitrogen and oxygen atoms in total. The molecule has 0 aromatic heterocycles. The number of aliphatic hydroxyl groups is 1. The molecule has 0 saturated carbocycles. The van der Waals surface area contributed by atoms with Crippen LogP contribution in [0.1, 0.15) is 11.1 Å². The first-order valence-corrected chi connectivity index (χ1v) is 10.7. The second-order valence-corrected chi connectivity index (χ2v) is 7.72. The summed E-state index contributed by atoms with van der Waals surface area (Å²) in [5, 5.41) is 11.4. The zero-order valence-corrected chi connectivity index (χ0v) is 17.8. The maximum atomic E-state index is 13.0. The van der Waals surface area contributed by atoms with E-state index in [9.17, 15) is 14.7 Å². The van der Waals surface area contributed by atoms with Crippen LogP contribution in [0.2, 0.25) is 0 Å². The number of hydrogen-bond acceptors (Lipinski definition) is 5. The van der Waals surface area contributed by atoms with Gasteiger partial charge in [-0.05, 0) is 23.3 Å². The Kier molecular flexibility index (Phi) is 6.52. The number of amides is 1. The van der Waals surface area contributed by atoms with Gasteiger partial charge in [-0.15, -0.1) is 0 Å². The van der Waals surface area contributed by atoms with E-state index in [0.717, 1.165) is 5.69 Å². The van der Waals surface area contributed by atoms with Gasteiger partial charge < -0.3 is 19.6 Å². The zero-order chi connectivity index (χ0) is 22.4. The molecular formula is C26H26N2O4. The molecule has 0 aliphatic carbocycles. The normalized spacial score (nSPS) is 14.2. The van der Waals surface area contributed by atoms with Crippen molar-refractivity contribution in [3.63, 3.8) is 0 Å². The maximum Gasteiger partial charge on any atom is 0.348 e. The van der Waals surface area contributed by atoms with E-state index in [-0.39, 0.29) is 5.91 Å². The number of esters is 1. The quantitative estimate of drug-likeness (QED) is 0.609. The van der Waals surface area contributed by atoms with Gasteiger partial charge in [0, 0.05) is 31.9 Å². The minimum Gasteiger partial charge on any atom is -0.453 e. The Hall–Kier alpha value is -3.64. The third-order valence-electron chi connectivity index (χ3n) is 5.76. The highest BCUT2D eigenvalue weighted by Crippen LogP contribution is 2.31. The number of nitrogens with zero attached hydrogens (tertiary/aromatic N) is 2. The third-order valence-corrected chi connectivity index (χ3v) is 5.76. The number of anilines is 1. The van der Waals surface area contributed by atoms with Gasteiger partial charge in [0.15, 0.2) is 6.61 Å². The summed E-state index contributed by atoms with van der Waals surface area (Å²) in [6, 6.07) is 27.3. The van der Waals surface area contributed by atoms with Crippen LogP contribution in [0.3, 0.4) is 0 Å². The molecule has 0 unspecified atom stereocenters. The highest BCUT2D eigenvalue weighted by Gasteiger charge is 2.42. The number of carbonyl (C=O) groups is 2. The summed E-state index contributed by atoms with van der Waals surface area (Å²) in [6.45, 7) is 2.11. The average Bonchev–Trinajstić information content (AvgIpc) is 2.88. The van der Waals surface area contributed by atoms with E-state index in [1.54, 1.807) is 65.6 Å². The van der Waals surface area contributed by atoms with Crippen LogP contribution in [-0.4, -0.2) is 54.7 Å². The van der Waals surface area contributed by atoms with Gasteiger partial charge in [-0.1, -0.05) is 78.9 Å². The number of ether oxygens (including phenoxy) is 1. The largest absolute Gasteiger partial charge is 0.453 e. The van der Waals surface area contributed by atoms with Crippen LogP contribution in [0.15, 0.2) is 91.0 Å². The minimum atomic E-state index is -1.99. The molecule has 1 aliphatic heterocycles. The summed E-state index contributed by atoms with van der Waals surface area (Å²) >= 11 is 0. The van der Waals surface area contributed by atoms with E-state index in [4.69, 9.17) is 4.74 Å². The molecule has 4 rings (SSSR count). The van der Waals surface area contributed by atoms with E-state index in [1.165, 1.54) is 0 Å². The first-order chi connectivity index (χ1) is 15.6. The molecule has 1 N–H and O–H groups in total. The number of carbonyl (C=O) groups excluding carboxylic acids is 2. The molecule has 1 aliphatic rings. The van der Waals surface area contributed by atoms with Crippen LogP contribution in [0, 0.1) is 0 Å². The van der Waals surface area contributed by atoms with Crippen molar-refractivity contribution in [3.8, 4) is 0 Å². The van der Waals surface area contributed by atoms with Gasteiger partial charge in [0.05, 0.1) is 0 Å². The van der Waals surface area contributed by atoms with E-state index >= 15 is 0 Å². The van der Waals surface area contributed by atoms with Gasteiger partial charge in [-0.2, -0.15) is 0 Å². The topological polar surface area (TPSA) is 70.1 Å². The second kappa shape index (κ2) is 9.66. The summed E-state index contributed by atoms with van der Waals surface area (Å²) in [4.78, 5) is 29.6. The van der Waals surface area contributed by atoms with Gasteiger partial charge in [0.25, 0.3) is 5.91 Å². The van der Waals surface area contributed by atoms with Crippen molar-refractivity contribution in [2.24, 2.45) is 0 Å². The van der Waals surface area contributed by atoms with Crippen molar-refractivity contribution in [2.45, 2.75) is 5.60 Å². The number of piperazine rings is 1. The second-order valence-electron chi connectivity index (χ2n) is 7.72. The van der Waals surface area contributed by atoms with Crippen LogP contribution in [0.5, 0.6) is 0 Å². The maximum absolute atomic E-state index is 13.0. The summed E-state index contributed by atoms with van der Waals surface area (Å²) in [5.74, 6) is -1.14. The minimum absolute atomic E-state index is 0.269. The highest BCUT2D eigenvalue weighted by molar-refractivity contribution is 5.88. The molecule has 0 bridgehead atoms. The molecular weight excluding hydrogens is 404 g/mol. The molecule has 32 heavy (non-hydrogen) atoms. The molecule has 3 aromatic carbocycles. The molecule has 1 fully saturated rings. The molecule has 1 heterocycles. The van der Waals surface area contributed by atoms with Crippen LogP contribution in [0.25, 0.3) is 0 Å². The number of para-hydroxylation sites is 1. The fraction of sp³-hybridized carbons (Fsp3) is 0.231. The van der Waals surface area contributed by atoms with Crippen LogP contribution < -0.4 is 4.90 Å². The molecule has 0 radical (unpaired) electrons. The highest BCUT2D eigenvalue weighted by atomic mass is 16.6. The zero-order valence-electron chi connectivity index (χ0n) is 17.8. The molecule has 0 atom stereocenters. The molecule has 3 aromatic rings. The monoisotopic (exact) mass is 430 g/mol. The van der Waals surface area contributed by atoms with E-state index < -0.39 is 18.2 Å². The SMILES string of the molecule is O=C(COC(=O)C(O)(c1ccccc1)c1ccccc1)N1CCN(c2ccccc2)CC1. The van der Waals surface area contributed by atoms with Crippen LogP contribution in [0.4, 0.5) is 5.69 Å². The predicted molar refractivity (Wildman–Crippen MR) is 122 cm³/mol. The van der Waals surface area contributed by atoms with Crippen molar-refractivity contribution < 1.29 is 19.4 Å². The Labute approximate surface area is 187 Å². The number of benzene rings is 3. The first kappa shape index (κ1) is 21.6. The molecule has 0 spiro atoms. The Bertz CT molecular complexity index is 994. The summed E-state index contributed by atoms with van der Waals surface area (Å²) < 4.78 is 5.35. The Morgan fingerprint density at radius 2 is 1.22 bits per heavy atom. The lowest BCUT2D eigenvalue weighted by Gasteiger charge is -2.36. The third kappa shape index (κ3) is 4.50. The fourth-order valence-corrected chi connectivity index (χ4v) is 3.94. The average molecular weight is 431 g/mol. The van der Waals surface area contributed by atoms with Gasteiger partial charge in [0.1, 0.15) is 0 Å². The van der Waals surface area contributed by atoms with Crippen molar-refractivity contribution in [2.75, 3.05) is 37.7 Å².